The van der Waals surface area contributed by atoms with Gasteiger partial charge in [0.25, 0.3) is 0 Å². The second-order valence-corrected chi connectivity index (χ2v) is 4.70. The highest BCUT2D eigenvalue weighted by Crippen LogP contribution is 2.10. The van der Waals surface area contributed by atoms with E-state index in [4.69, 9.17) is 0 Å². The van der Waals surface area contributed by atoms with Gasteiger partial charge < -0.3 is 5.32 Å². The van der Waals surface area contributed by atoms with Crippen molar-refractivity contribution in [3.63, 3.8) is 0 Å². The van der Waals surface area contributed by atoms with E-state index in [0.717, 1.165) is 13.0 Å². The summed E-state index contributed by atoms with van der Waals surface area (Å²) < 4.78 is 0. The van der Waals surface area contributed by atoms with E-state index >= 15 is 0 Å². The van der Waals surface area contributed by atoms with E-state index in [1.165, 1.54) is 16.7 Å². The first-order valence-electron chi connectivity index (χ1n) is 6.44. The molecule has 18 heavy (non-hydrogen) atoms. The Bertz CT molecular complexity index is 479. The molecular weight excluding hydrogens is 220 g/mol. The van der Waals surface area contributed by atoms with Crippen LogP contribution in [0.1, 0.15) is 29.7 Å². The highest BCUT2D eigenvalue weighted by molar-refractivity contribution is 5.22. The fourth-order valence-electron chi connectivity index (χ4n) is 2.05. The Kier molecular flexibility index (Phi) is 4.48. The molecule has 2 heteroatoms. The molecule has 2 aromatic rings. The molecule has 0 amide bonds. The van der Waals surface area contributed by atoms with E-state index < -0.39 is 0 Å². The summed E-state index contributed by atoms with van der Waals surface area (Å²) >= 11 is 0. The van der Waals surface area contributed by atoms with Crippen LogP contribution in [0.5, 0.6) is 0 Å². The summed E-state index contributed by atoms with van der Waals surface area (Å²) in [5.74, 6) is 0. The average Bonchev–Trinajstić information content (AvgIpc) is 2.40. The molecule has 0 bridgehead atoms. The fraction of sp³-hybridized carbons (Fsp3) is 0.312. The SMILES string of the molecule is Cc1cccc(CCNC(C)c2cccnc2)c1. The van der Waals surface area contributed by atoms with Gasteiger partial charge in [-0.05, 0) is 44.0 Å². The molecule has 0 saturated carbocycles. The van der Waals surface area contributed by atoms with Gasteiger partial charge in [-0.2, -0.15) is 0 Å². The van der Waals surface area contributed by atoms with Crippen LogP contribution >= 0.6 is 0 Å². The summed E-state index contributed by atoms with van der Waals surface area (Å²) in [4.78, 5) is 4.14. The number of hydrogen-bond acceptors (Lipinski definition) is 2. The van der Waals surface area contributed by atoms with Gasteiger partial charge in [0.05, 0.1) is 0 Å². The van der Waals surface area contributed by atoms with Crippen LogP contribution in [0, 0.1) is 6.92 Å². The summed E-state index contributed by atoms with van der Waals surface area (Å²) in [5, 5.41) is 3.53. The lowest BCUT2D eigenvalue weighted by atomic mass is 10.1. The highest BCUT2D eigenvalue weighted by atomic mass is 14.9. The molecule has 0 radical (unpaired) electrons. The van der Waals surface area contributed by atoms with Crippen LogP contribution in [0.4, 0.5) is 0 Å². The normalized spacial score (nSPS) is 12.3. The van der Waals surface area contributed by atoms with Gasteiger partial charge in [0.1, 0.15) is 0 Å². The van der Waals surface area contributed by atoms with Gasteiger partial charge in [0, 0.05) is 18.4 Å². The van der Waals surface area contributed by atoms with E-state index in [9.17, 15) is 0 Å². The topological polar surface area (TPSA) is 24.9 Å². The molecule has 0 saturated heterocycles. The Labute approximate surface area is 109 Å². The molecule has 0 aliphatic heterocycles. The molecule has 2 rings (SSSR count). The van der Waals surface area contributed by atoms with Gasteiger partial charge >= 0.3 is 0 Å². The van der Waals surface area contributed by atoms with Crippen molar-refractivity contribution >= 4 is 0 Å². The van der Waals surface area contributed by atoms with Crippen molar-refractivity contribution in [2.75, 3.05) is 6.54 Å². The highest BCUT2D eigenvalue weighted by Gasteiger charge is 2.03. The number of nitrogens with zero attached hydrogens (tertiary/aromatic N) is 1. The first kappa shape index (κ1) is 12.8. The van der Waals surface area contributed by atoms with Crippen LogP contribution in [0.3, 0.4) is 0 Å². The van der Waals surface area contributed by atoms with Crippen molar-refractivity contribution in [3.05, 3.63) is 65.5 Å². The van der Waals surface area contributed by atoms with Gasteiger partial charge in [-0.25, -0.2) is 0 Å². The minimum Gasteiger partial charge on any atom is -0.310 e. The predicted molar refractivity (Wildman–Crippen MR) is 75.5 cm³/mol. The third kappa shape index (κ3) is 3.67. The molecule has 1 unspecified atom stereocenters. The number of aromatic nitrogens is 1. The summed E-state index contributed by atoms with van der Waals surface area (Å²) in [6.45, 7) is 5.29. The third-order valence-electron chi connectivity index (χ3n) is 3.13. The van der Waals surface area contributed by atoms with E-state index in [0.29, 0.717) is 6.04 Å². The standard InChI is InChI=1S/C16H20N2/c1-13-5-3-6-15(11-13)8-10-18-14(2)16-7-4-9-17-12-16/h3-7,9,11-12,14,18H,8,10H2,1-2H3. The lowest BCUT2D eigenvalue weighted by molar-refractivity contribution is 0.575. The zero-order valence-electron chi connectivity index (χ0n) is 11.1. The van der Waals surface area contributed by atoms with Crippen LogP contribution in [-0.2, 0) is 6.42 Å². The van der Waals surface area contributed by atoms with Gasteiger partial charge in [-0.15, -0.1) is 0 Å². The predicted octanol–water partition coefficient (Wildman–Crippen LogP) is 3.28. The average molecular weight is 240 g/mol. The maximum Gasteiger partial charge on any atom is 0.0315 e. The molecule has 94 valence electrons. The Morgan fingerprint density at radius 3 is 2.83 bits per heavy atom. The largest absolute Gasteiger partial charge is 0.310 e. The quantitative estimate of drug-likeness (QED) is 0.867. The Morgan fingerprint density at radius 2 is 2.11 bits per heavy atom. The lowest BCUT2D eigenvalue weighted by Gasteiger charge is -2.13. The summed E-state index contributed by atoms with van der Waals surface area (Å²) in [6.07, 6.45) is 4.79. The minimum atomic E-state index is 0.350. The Morgan fingerprint density at radius 1 is 1.22 bits per heavy atom. The van der Waals surface area contributed by atoms with Crippen molar-refractivity contribution in [1.29, 1.82) is 0 Å². The van der Waals surface area contributed by atoms with Crippen molar-refractivity contribution in [2.24, 2.45) is 0 Å². The molecule has 1 aromatic carbocycles. The first-order chi connectivity index (χ1) is 8.75. The smallest absolute Gasteiger partial charge is 0.0315 e. The lowest BCUT2D eigenvalue weighted by Crippen LogP contribution is -2.21. The molecule has 1 N–H and O–H groups in total. The number of rotatable bonds is 5. The number of aryl methyl sites for hydroxylation is 1. The van der Waals surface area contributed by atoms with Crippen LogP contribution in [0.15, 0.2) is 48.8 Å². The number of hydrogen-bond donors (Lipinski definition) is 1. The minimum absolute atomic E-state index is 0.350. The maximum atomic E-state index is 4.14. The van der Waals surface area contributed by atoms with Gasteiger partial charge in [0.15, 0.2) is 0 Å². The molecule has 1 atom stereocenters. The van der Waals surface area contributed by atoms with Crippen molar-refractivity contribution in [3.8, 4) is 0 Å². The van der Waals surface area contributed by atoms with Crippen molar-refractivity contribution in [2.45, 2.75) is 26.3 Å². The summed E-state index contributed by atoms with van der Waals surface area (Å²) in [6, 6.07) is 13.1. The van der Waals surface area contributed by atoms with E-state index in [2.05, 4.69) is 54.5 Å². The molecule has 1 heterocycles. The first-order valence-corrected chi connectivity index (χ1v) is 6.44. The molecule has 0 fully saturated rings. The Balaban J connectivity index is 1.82. The van der Waals surface area contributed by atoms with Crippen LogP contribution in [0.2, 0.25) is 0 Å². The zero-order chi connectivity index (χ0) is 12.8. The third-order valence-corrected chi connectivity index (χ3v) is 3.13. The number of benzene rings is 1. The van der Waals surface area contributed by atoms with Crippen LogP contribution in [-0.4, -0.2) is 11.5 Å². The second kappa shape index (κ2) is 6.31. The molecule has 0 spiro atoms. The molecular formula is C16H20N2. The van der Waals surface area contributed by atoms with Gasteiger partial charge in [0.2, 0.25) is 0 Å². The van der Waals surface area contributed by atoms with Crippen molar-refractivity contribution < 1.29 is 0 Å². The maximum absolute atomic E-state index is 4.14. The molecule has 2 nitrogen and oxygen atoms in total. The fourth-order valence-corrected chi connectivity index (χ4v) is 2.05. The van der Waals surface area contributed by atoms with Gasteiger partial charge in [-0.1, -0.05) is 35.9 Å². The van der Waals surface area contributed by atoms with Crippen molar-refractivity contribution in [1.82, 2.24) is 10.3 Å². The summed E-state index contributed by atoms with van der Waals surface area (Å²) in [5.41, 5.74) is 3.95. The molecule has 0 aliphatic rings. The summed E-state index contributed by atoms with van der Waals surface area (Å²) in [7, 11) is 0. The van der Waals surface area contributed by atoms with E-state index in [-0.39, 0.29) is 0 Å². The van der Waals surface area contributed by atoms with E-state index in [1.807, 2.05) is 18.5 Å². The molecule has 0 aliphatic carbocycles. The zero-order valence-corrected chi connectivity index (χ0v) is 11.1. The monoisotopic (exact) mass is 240 g/mol. The van der Waals surface area contributed by atoms with Crippen LogP contribution in [0.25, 0.3) is 0 Å². The second-order valence-electron chi connectivity index (χ2n) is 4.70. The van der Waals surface area contributed by atoms with Gasteiger partial charge in [-0.3, -0.25) is 4.98 Å². The Hall–Kier alpha value is -1.67. The molecule has 1 aromatic heterocycles. The van der Waals surface area contributed by atoms with Crippen LogP contribution < -0.4 is 5.32 Å². The van der Waals surface area contributed by atoms with E-state index in [1.54, 1.807) is 0 Å². The number of pyridine rings is 1. The number of nitrogens with one attached hydrogen (secondary N) is 1.